The lowest BCUT2D eigenvalue weighted by atomic mass is 9.36. The Balaban J connectivity index is 1.72. The average Bonchev–Trinajstić information content (AvgIpc) is 2.92. The van der Waals surface area contributed by atoms with E-state index < -0.39 is 81.8 Å². The molecule has 3 aliphatic carbocycles. The average molecular weight is 598 g/mol. The van der Waals surface area contributed by atoms with Gasteiger partial charge < -0.3 is 31.3 Å². The van der Waals surface area contributed by atoms with Gasteiger partial charge >= 0.3 is 0 Å². The van der Waals surface area contributed by atoms with E-state index in [0.717, 1.165) is 5.56 Å². The summed E-state index contributed by atoms with van der Waals surface area (Å²) in [7, 11) is 0. The molecule has 42 heavy (non-hydrogen) atoms. The Morgan fingerprint density at radius 3 is 2.26 bits per heavy atom. The maximum atomic E-state index is 14.2. The first-order valence-electron chi connectivity index (χ1n) is 14.2. The number of hydrogen-bond donors (Lipinski definition) is 6. The molecule has 2 aromatic carbocycles. The van der Waals surface area contributed by atoms with Crippen molar-refractivity contribution < 1.29 is 39.9 Å². The minimum absolute atomic E-state index is 0.0288. The number of fused-ring (bicyclic) bond motifs is 3. The van der Waals surface area contributed by atoms with Gasteiger partial charge in [0.25, 0.3) is 0 Å². The van der Waals surface area contributed by atoms with Crippen molar-refractivity contribution >= 4 is 29.2 Å². The van der Waals surface area contributed by atoms with Crippen molar-refractivity contribution in [2.45, 2.75) is 63.3 Å². The predicted octanol–water partition coefficient (Wildman–Crippen LogP) is 2.02. The number of aromatic hydroxyl groups is 1. The van der Waals surface area contributed by atoms with Crippen molar-refractivity contribution in [2.75, 3.05) is 5.75 Å². The molecule has 0 aliphatic heterocycles. The lowest BCUT2D eigenvalue weighted by molar-refractivity contribution is -0.306. The largest absolute Gasteiger partial charge is 0.507 e. The summed E-state index contributed by atoms with van der Waals surface area (Å²) >= 11 is 1.56. The van der Waals surface area contributed by atoms with Gasteiger partial charge in [0.05, 0.1) is 23.7 Å². The van der Waals surface area contributed by atoms with Gasteiger partial charge in [0.1, 0.15) is 17.8 Å². The molecule has 0 aromatic heterocycles. The smallest absolute Gasteiger partial charge is 0.230 e. The molecule has 226 valence electrons. The Bertz CT molecular complexity index is 1420. The molecule has 10 heteroatoms. The molecular weight excluding hydrogens is 558 g/mol. The maximum Gasteiger partial charge on any atom is 0.230 e. The quantitative estimate of drug-likeness (QED) is 0.272. The van der Waals surface area contributed by atoms with Crippen LogP contribution in [0.3, 0.4) is 0 Å². The monoisotopic (exact) mass is 597 g/mol. The van der Waals surface area contributed by atoms with Gasteiger partial charge in [-0.05, 0) is 29.0 Å². The standard InChI is InChI=1S/C32H39NO8S/c1-15(2)22-25(36)21(28(33)39)26(37)32(41)27(38)23-24(35)20-17(11-8-12-19(20)34)18(30(23,3)29(40)31(22,32)4)14-42-13-16-9-6-5-7-10-16/h5-12,15,18,21-23,25,27,29,34,36,38,40-41H,13-14H2,1-4H3,(H2,33,39)/t18-,21-,22+,23-,25?,27?,29-,30+,31+,32+/m1/s1. The van der Waals surface area contributed by atoms with E-state index in [4.69, 9.17) is 5.73 Å². The van der Waals surface area contributed by atoms with Crippen molar-refractivity contribution in [1.29, 1.82) is 0 Å². The fourth-order valence-electron chi connectivity index (χ4n) is 8.69. The first-order chi connectivity index (χ1) is 19.7. The highest BCUT2D eigenvalue weighted by Gasteiger charge is 2.80. The van der Waals surface area contributed by atoms with Gasteiger partial charge in [-0.25, -0.2) is 0 Å². The number of aliphatic hydroxyl groups excluding tert-OH is 3. The van der Waals surface area contributed by atoms with Gasteiger partial charge in [-0.15, -0.1) is 0 Å². The van der Waals surface area contributed by atoms with Crippen molar-refractivity contribution in [2.24, 2.45) is 40.2 Å². The first kappa shape index (κ1) is 30.7. The number of nitrogens with two attached hydrogens (primary N) is 1. The molecule has 2 unspecified atom stereocenters. The number of amides is 1. The minimum Gasteiger partial charge on any atom is -0.507 e. The van der Waals surface area contributed by atoms with Gasteiger partial charge in [-0.3, -0.25) is 14.4 Å². The Labute approximate surface area is 249 Å². The van der Waals surface area contributed by atoms with Crippen LogP contribution in [0.5, 0.6) is 5.75 Å². The van der Waals surface area contributed by atoms with Gasteiger partial charge in [-0.1, -0.05) is 70.2 Å². The Kier molecular flexibility index (Phi) is 7.64. The van der Waals surface area contributed by atoms with E-state index in [1.807, 2.05) is 30.3 Å². The third-order valence-corrected chi connectivity index (χ3v) is 11.7. The molecule has 9 nitrogen and oxygen atoms in total. The highest BCUT2D eigenvalue weighted by atomic mass is 32.2. The minimum atomic E-state index is -2.80. The van der Waals surface area contributed by atoms with Crippen LogP contribution in [-0.2, 0) is 15.3 Å². The molecule has 1 amide bonds. The highest BCUT2D eigenvalue weighted by Crippen LogP contribution is 2.68. The fourth-order valence-corrected chi connectivity index (χ4v) is 10.0. The van der Waals surface area contributed by atoms with E-state index in [1.165, 1.54) is 13.0 Å². The number of phenols is 1. The third kappa shape index (κ3) is 3.88. The second kappa shape index (κ2) is 10.4. The number of phenolic OH excluding ortho intramolecular Hbond substituents is 1. The molecule has 2 saturated carbocycles. The van der Waals surface area contributed by atoms with Crippen molar-refractivity contribution in [3.63, 3.8) is 0 Å². The number of carbonyl (C=O) groups excluding carboxylic acids is 3. The zero-order chi connectivity index (χ0) is 30.9. The summed E-state index contributed by atoms with van der Waals surface area (Å²) in [6.07, 6.45) is -5.31. The molecule has 10 atom stereocenters. The third-order valence-electron chi connectivity index (χ3n) is 10.6. The van der Waals surface area contributed by atoms with Crippen LogP contribution in [0.1, 0.15) is 55.1 Å². The summed E-state index contributed by atoms with van der Waals surface area (Å²) in [5.41, 5.74) is 0.930. The first-order valence-corrected chi connectivity index (χ1v) is 15.4. The van der Waals surface area contributed by atoms with Crippen LogP contribution >= 0.6 is 11.8 Å². The molecule has 0 saturated heterocycles. The predicted molar refractivity (Wildman–Crippen MR) is 156 cm³/mol. The summed E-state index contributed by atoms with van der Waals surface area (Å²) in [6.45, 7) is 6.58. The van der Waals surface area contributed by atoms with E-state index in [-0.39, 0.29) is 11.3 Å². The molecule has 2 fully saturated rings. The van der Waals surface area contributed by atoms with Crippen molar-refractivity contribution in [1.82, 2.24) is 0 Å². The van der Waals surface area contributed by atoms with Crippen molar-refractivity contribution in [3.8, 4) is 5.75 Å². The van der Waals surface area contributed by atoms with Gasteiger partial charge in [-0.2, -0.15) is 11.8 Å². The van der Waals surface area contributed by atoms with Crippen LogP contribution in [0, 0.1) is 34.5 Å². The van der Waals surface area contributed by atoms with E-state index >= 15 is 0 Å². The molecule has 0 bridgehead atoms. The van der Waals surface area contributed by atoms with Gasteiger partial charge in [0.2, 0.25) is 5.91 Å². The summed E-state index contributed by atoms with van der Waals surface area (Å²) in [5.74, 6) is -7.94. The van der Waals surface area contributed by atoms with Gasteiger partial charge in [0.15, 0.2) is 17.2 Å². The maximum absolute atomic E-state index is 14.2. The number of ketones is 2. The van der Waals surface area contributed by atoms with E-state index in [0.29, 0.717) is 17.1 Å². The molecule has 7 N–H and O–H groups in total. The Morgan fingerprint density at radius 1 is 1.02 bits per heavy atom. The van der Waals surface area contributed by atoms with E-state index in [2.05, 4.69) is 0 Å². The second-order valence-electron chi connectivity index (χ2n) is 12.9. The fraction of sp³-hybridized carbons (Fsp3) is 0.531. The lowest BCUT2D eigenvalue weighted by Crippen LogP contribution is -2.84. The summed E-state index contributed by atoms with van der Waals surface area (Å²) in [5, 5.41) is 59.1. The van der Waals surface area contributed by atoms with Crippen LogP contribution in [0.4, 0.5) is 0 Å². The number of Topliss-reactive ketones (excluding diaryl/α,β-unsaturated/α-hetero) is 2. The number of benzene rings is 2. The van der Waals surface area contributed by atoms with Gasteiger partial charge in [0, 0.05) is 28.3 Å². The number of rotatable bonds is 6. The molecule has 0 radical (unpaired) electrons. The van der Waals surface area contributed by atoms with Crippen LogP contribution in [0.15, 0.2) is 48.5 Å². The van der Waals surface area contributed by atoms with Crippen LogP contribution < -0.4 is 5.73 Å². The van der Waals surface area contributed by atoms with Crippen molar-refractivity contribution in [3.05, 3.63) is 65.2 Å². The number of hydrogen-bond acceptors (Lipinski definition) is 9. The number of carbonyl (C=O) groups is 3. The molecule has 0 spiro atoms. The highest BCUT2D eigenvalue weighted by molar-refractivity contribution is 7.98. The summed E-state index contributed by atoms with van der Waals surface area (Å²) in [4.78, 5) is 40.6. The number of thioether (sulfide) groups is 1. The van der Waals surface area contributed by atoms with Crippen LogP contribution in [0.2, 0.25) is 0 Å². The lowest BCUT2D eigenvalue weighted by Gasteiger charge is -2.69. The molecular formula is C32H39NO8S. The summed E-state index contributed by atoms with van der Waals surface area (Å²) < 4.78 is 0. The topological polar surface area (TPSA) is 178 Å². The SMILES string of the molecule is CC(C)[C@H]1C(O)[C@@H](C(N)=O)C(=O)[C@]2(O)C(O)[C@H]3C(=O)c4c(O)cccc4[C@@H](CSCc4ccccc4)[C@]3(C)[C@@H](O)[C@]12C. The van der Waals surface area contributed by atoms with Crippen LogP contribution in [-0.4, -0.2) is 72.7 Å². The Hall–Kier alpha value is -2.76. The molecule has 5 rings (SSSR count). The Morgan fingerprint density at radius 2 is 1.67 bits per heavy atom. The zero-order valence-corrected chi connectivity index (χ0v) is 24.9. The zero-order valence-electron chi connectivity index (χ0n) is 24.1. The van der Waals surface area contributed by atoms with E-state index in [9.17, 15) is 39.9 Å². The molecule has 0 heterocycles. The summed E-state index contributed by atoms with van der Waals surface area (Å²) in [6, 6.07) is 14.4. The normalized spacial score (nSPS) is 39.4. The van der Waals surface area contributed by atoms with E-state index in [1.54, 1.807) is 44.7 Å². The van der Waals surface area contributed by atoms with Crippen LogP contribution in [0.25, 0.3) is 0 Å². The molecule has 2 aromatic rings. The second-order valence-corrected chi connectivity index (χ2v) is 13.9. The molecule has 3 aliphatic rings. The number of primary amides is 1. The number of aliphatic hydroxyl groups is 4.